The summed E-state index contributed by atoms with van der Waals surface area (Å²) in [7, 11) is 0. The molecule has 0 aliphatic rings. The molecule has 0 spiro atoms. The van der Waals surface area contributed by atoms with Crippen molar-refractivity contribution in [3.63, 3.8) is 0 Å². The van der Waals surface area contributed by atoms with Crippen molar-refractivity contribution in [3.8, 4) is 0 Å². The van der Waals surface area contributed by atoms with Crippen LogP contribution in [0.25, 0.3) is 0 Å². The molecule has 5 atom stereocenters. The summed E-state index contributed by atoms with van der Waals surface area (Å²) >= 11 is 0. The highest BCUT2D eigenvalue weighted by Gasteiger charge is 2.72. The maximum atomic E-state index is 13.7. The van der Waals surface area contributed by atoms with Gasteiger partial charge in [-0.2, -0.15) is 0 Å². The number of aliphatic hydroxyl groups is 1. The lowest BCUT2D eigenvalue weighted by molar-refractivity contribution is -0.231. The second-order valence-electron chi connectivity index (χ2n) is 12.5. The van der Waals surface area contributed by atoms with Crippen LogP contribution in [0.3, 0.4) is 0 Å². The molecule has 0 aliphatic heterocycles. The summed E-state index contributed by atoms with van der Waals surface area (Å²) in [6, 6.07) is 0. The Hall–Kier alpha value is -1.63. The van der Waals surface area contributed by atoms with Crippen molar-refractivity contribution >= 4 is 17.9 Å². The molecule has 37 heavy (non-hydrogen) atoms. The highest BCUT2D eigenvalue weighted by Crippen LogP contribution is 2.57. The number of hydrogen-bond donors (Lipinski definition) is 4. The van der Waals surface area contributed by atoms with Gasteiger partial charge in [0.25, 0.3) is 0 Å². The molecule has 7 heteroatoms. The number of rotatable bonds is 20. The van der Waals surface area contributed by atoms with Gasteiger partial charge in [-0.3, -0.25) is 9.59 Å². The first kappa shape index (κ1) is 35.4. The lowest BCUT2D eigenvalue weighted by Crippen LogP contribution is -2.70. The number of carboxylic acid groups (broad SMARTS) is 3. The van der Waals surface area contributed by atoms with Gasteiger partial charge < -0.3 is 20.4 Å². The second-order valence-corrected chi connectivity index (χ2v) is 12.5. The molecule has 0 saturated heterocycles. The van der Waals surface area contributed by atoms with E-state index < -0.39 is 52.6 Å². The second kappa shape index (κ2) is 15.7. The predicted octanol–water partition coefficient (Wildman–Crippen LogP) is 6.96. The Balaban J connectivity index is 7.96. The van der Waals surface area contributed by atoms with Crippen LogP contribution < -0.4 is 0 Å². The van der Waals surface area contributed by atoms with Gasteiger partial charge in [-0.25, -0.2) is 4.79 Å². The van der Waals surface area contributed by atoms with Crippen LogP contribution in [0.1, 0.15) is 120 Å². The zero-order valence-electron chi connectivity index (χ0n) is 24.9. The van der Waals surface area contributed by atoms with Gasteiger partial charge in [0.15, 0.2) is 5.60 Å². The van der Waals surface area contributed by atoms with Crippen LogP contribution in [0, 0.1) is 46.8 Å². The highest BCUT2D eigenvalue weighted by atomic mass is 16.4. The van der Waals surface area contributed by atoms with Crippen molar-refractivity contribution in [3.05, 3.63) is 0 Å². The van der Waals surface area contributed by atoms with E-state index >= 15 is 0 Å². The van der Waals surface area contributed by atoms with Gasteiger partial charge in [-0.15, -0.1) is 0 Å². The van der Waals surface area contributed by atoms with E-state index in [4.69, 9.17) is 0 Å². The Morgan fingerprint density at radius 3 is 1.24 bits per heavy atom. The van der Waals surface area contributed by atoms with Crippen molar-refractivity contribution in [2.24, 2.45) is 46.8 Å². The Kier molecular flexibility index (Phi) is 15.0. The van der Waals surface area contributed by atoms with Gasteiger partial charge in [0.2, 0.25) is 0 Å². The van der Waals surface area contributed by atoms with Crippen LogP contribution in [0.4, 0.5) is 0 Å². The van der Waals surface area contributed by atoms with E-state index in [-0.39, 0.29) is 17.8 Å². The van der Waals surface area contributed by atoms with Gasteiger partial charge in [0.1, 0.15) is 11.3 Å². The first-order valence-corrected chi connectivity index (χ1v) is 14.5. The van der Waals surface area contributed by atoms with Crippen molar-refractivity contribution in [2.45, 2.75) is 126 Å². The molecule has 0 heterocycles. The standard InChI is InChI=1S/C30H56O7/c1-10-13-22(16-19(4)5)25(26(31)32)30(37,28(35)36)29(27(33)34,23(14-11-2)17-20(6)7)24(15-12-3)18-21(8)9/h19-25,37H,10-18H2,1-9H3,(H,31,32)(H,33,34)(H,35,36). The fourth-order valence-electron chi connectivity index (χ4n) is 7.05. The minimum atomic E-state index is -2.98. The Bertz CT molecular complexity index is 695. The topological polar surface area (TPSA) is 132 Å². The molecule has 7 nitrogen and oxygen atoms in total. The van der Waals surface area contributed by atoms with Crippen LogP contribution in [0.15, 0.2) is 0 Å². The van der Waals surface area contributed by atoms with Gasteiger partial charge >= 0.3 is 17.9 Å². The molecule has 4 N–H and O–H groups in total. The maximum Gasteiger partial charge on any atom is 0.337 e. The molecule has 0 bridgehead atoms. The summed E-state index contributed by atoms with van der Waals surface area (Å²) in [5, 5.41) is 45.1. The van der Waals surface area contributed by atoms with E-state index in [0.29, 0.717) is 57.8 Å². The van der Waals surface area contributed by atoms with E-state index in [0.717, 1.165) is 0 Å². The summed E-state index contributed by atoms with van der Waals surface area (Å²) in [6.07, 6.45) is 4.17. The van der Waals surface area contributed by atoms with Gasteiger partial charge in [-0.05, 0) is 74.0 Å². The minimum absolute atomic E-state index is 0.0417. The highest BCUT2D eigenvalue weighted by molar-refractivity contribution is 5.94. The SMILES string of the molecule is CCCC(CC(C)C)C(C(=O)O)C(O)(C(=O)O)C(C(=O)O)(C(CCC)CC(C)C)C(CCC)CC(C)C. The third-order valence-electron chi connectivity index (χ3n) is 8.01. The summed E-state index contributed by atoms with van der Waals surface area (Å²) < 4.78 is 0. The summed E-state index contributed by atoms with van der Waals surface area (Å²) in [5.41, 5.74) is -5.14. The third-order valence-corrected chi connectivity index (χ3v) is 8.01. The van der Waals surface area contributed by atoms with Crippen LogP contribution in [0.5, 0.6) is 0 Å². The zero-order valence-corrected chi connectivity index (χ0v) is 24.9. The first-order valence-electron chi connectivity index (χ1n) is 14.5. The average molecular weight is 529 g/mol. The van der Waals surface area contributed by atoms with Crippen LogP contribution in [-0.4, -0.2) is 43.9 Å². The minimum Gasteiger partial charge on any atom is -0.481 e. The number of aliphatic carboxylic acids is 3. The molecule has 0 aliphatic carbocycles. The van der Waals surface area contributed by atoms with E-state index in [1.807, 2.05) is 62.3 Å². The summed E-state index contributed by atoms with van der Waals surface area (Å²) in [6.45, 7) is 17.4. The molecule has 218 valence electrons. The first-order chi connectivity index (χ1) is 17.1. The number of hydrogen-bond acceptors (Lipinski definition) is 4. The maximum absolute atomic E-state index is 13.7. The molecular formula is C30H56O7. The Morgan fingerprint density at radius 1 is 0.622 bits per heavy atom. The Labute approximate surface area is 225 Å². The molecule has 0 aromatic rings. The molecule has 5 unspecified atom stereocenters. The zero-order chi connectivity index (χ0) is 29.1. The van der Waals surface area contributed by atoms with E-state index in [2.05, 4.69) is 0 Å². The Morgan fingerprint density at radius 2 is 1.00 bits per heavy atom. The van der Waals surface area contributed by atoms with E-state index in [1.165, 1.54) is 0 Å². The third kappa shape index (κ3) is 8.18. The van der Waals surface area contributed by atoms with Gasteiger partial charge in [-0.1, -0.05) is 81.6 Å². The normalized spacial score (nSPS) is 18.7. The largest absolute Gasteiger partial charge is 0.481 e. The fraction of sp³-hybridized carbons (Fsp3) is 0.900. The van der Waals surface area contributed by atoms with Crippen molar-refractivity contribution in [1.82, 2.24) is 0 Å². The van der Waals surface area contributed by atoms with E-state index in [9.17, 15) is 34.8 Å². The molecule has 0 amide bonds. The number of carbonyl (C=O) groups is 3. The smallest absolute Gasteiger partial charge is 0.337 e. The lowest BCUT2D eigenvalue weighted by atomic mass is 9.48. The number of carboxylic acids is 3. The average Bonchev–Trinajstić information content (AvgIpc) is 2.72. The van der Waals surface area contributed by atoms with E-state index in [1.54, 1.807) is 0 Å². The molecule has 0 rings (SSSR count). The summed E-state index contributed by atoms with van der Waals surface area (Å²) in [5.74, 6) is -8.24. The molecule has 0 saturated carbocycles. The molecule has 0 aromatic carbocycles. The predicted molar refractivity (Wildman–Crippen MR) is 147 cm³/mol. The molecule has 0 aromatic heterocycles. The monoisotopic (exact) mass is 528 g/mol. The van der Waals surface area contributed by atoms with Crippen molar-refractivity contribution in [1.29, 1.82) is 0 Å². The molecular weight excluding hydrogens is 472 g/mol. The summed E-state index contributed by atoms with van der Waals surface area (Å²) in [4.78, 5) is 40.0. The van der Waals surface area contributed by atoms with Crippen molar-refractivity contribution < 1.29 is 34.8 Å². The van der Waals surface area contributed by atoms with Gasteiger partial charge in [0.05, 0.1) is 0 Å². The molecule has 0 radical (unpaired) electrons. The van der Waals surface area contributed by atoms with Crippen LogP contribution in [0.2, 0.25) is 0 Å². The molecule has 0 fully saturated rings. The van der Waals surface area contributed by atoms with Crippen molar-refractivity contribution in [2.75, 3.05) is 0 Å². The lowest BCUT2D eigenvalue weighted by Gasteiger charge is -2.54. The van der Waals surface area contributed by atoms with Gasteiger partial charge in [0, 0.05) is 0 Å². The fourth-order valence-corrected chi connectivity index (χ4v) is 7.05. The van der Waals surface area contributed by atoms with Crippen LogP contribution >= 0.6 is 0 Å². The quantitative estimate of drug-likeness (QED) is 0.134. The van der Waals surface area contributed by atoms with Crippen LogP contribution in [-0.2, 0) is 14.4 Å².